The molecule has 1 saturated heterocycles. The lowest BCUT2D eigenvalue weighted by atomic mass is 9.95. The van der Waals surface area contributed by atoms with Crippen molar-refractivity contribution in [3.05, 3.63) is 85.8 Å². The van der Waals surface area contributed by atoms with Crippen molar-refractivity contribution >= 4 is 46.5 Å². The lowest BCUT2D eigenvalue weighted by molar-refractivity contribution is -0.113. The summed E-state index contributed by atoms with van der Waals surface area (Å²) in [5.41, 5.74) is 1.85. The lowest BCUT2D eigenvalue weighted by Gasteiger charge is -2.30. The molecular weight excluding hydrogens is 476 g/mol. The van der Waals surface area contributed by atoms with Gasteiger partial charge in [0.25, 0.3) is 5.91 Å². The Hall–Kier alpha value is -3.00. The Kier molecular flexibility index (Phi) is 8.69. The van der Waals surface area contributed by atoms with E-state index in [1.807, 2.05) is 59.3 Å². The number of Topliss-reactive ketones (excluding diaryl/α,β-unsaturated/α-hetero) is 1. The highest BCUT2D eigenvalue weighted by Crippen LogP contribution is 2.26. The van der Waals surface area contributed by atoms with E-state index >= 15 is 0 Å². The van der Waals surface area contributed by atoms with Crippen LogP contribution in [0.1, 0.15) is 34.0 Å². The molecule has 3 aromatic rings. The van der Waals surface area contributed by atoms with Gasteiger partial charge in [-0.2, -0.15) is 0 Å². The second-order valence-electron chi connectivity index (χ2n) is 8.26. The summed E-state index contributed by atoms with van der Waals surface area (Å²) < 4.78 is 5.86. The number of carbonyl (C=O) groups is 2. The molecular formula is C28H30N2O3S2. The molecule has 1 fully saturated rings. The van der Waals surface area contributed by atoms with Crippen molar-refractivity contribution in [2.45, 2.75) is 13.8 Å². The van der Waals surface area contributed by atoms with Gasteiger partial charge in [0.15, 0.2) is 5.78 Å². The predicted molar refractivity (Wildman–Crippen MR) is 145 cm³/mol. The zero-order valence-corrected chi connectivity index (χ0v) is 21.7. The Morgan fingerprint density at radius 3 is 2.00 bits per heavy atom. The van der Waals surface area contributed by atoms with E-state index in [0.717, 1.165) is 35.1 Å². The summed E-state index contributed by atoms with van der Waals surface area (Å²) in [6.07, 6.45) is 3.81. The van der Waals surface area contributed by atoms with E-state index in [2.05, 4.69) is 18.7 Å². The maximum absolute atomic E-state index is 13.4. The van der Waals surface area contributed by atoms with Crippen molar-refractivity contribution in [3.8, 4) is 5.75 Å². The number of ether oxygens (including phenoxy) is 1. The van der Waals surface area contributed by atoms with Crippen molar-refractivity contribution in [2.75, 3.05) is 39.3 Å². The van der Waals surface area contributed by atoms with Crippen LogP contribution in [0.2, 0.25) is 0 Å². The minimum Gasteiger partial charge on any atom is -0.492 e. The molecule has 0 unspecified atom stereocenters. The second kappa shape index (κ2) is 12.1. The van der Waals surface area contributed by atoms with Crippen LogP contribution in [0, 0.1) is 0 Å². The standard InChI is InChI=1S/C28H30N2O3S2/c1-3-29(4-2)13-14-33-24-11-9-21(10-12-24)28(32)30-19-22(17-25-7-5-15-34-25)27(31)23(20-30)18-26-8-6-16-35-26/h5-12,15-18H,3-4,13-14,19-20H2,1-2H3/b22-17-,23-18+. The zero-order chi connectivity index (χ0) is 24.6. The monoisotopic (exact) mass is 506 g/mol. The molecule has 1 aliphatic rings. The molecule has 0 saturated carbocycles. The lowest BCUT2D eigenvalue weighted by Crippen LogP contribution is -2.41. The fraction of sp³-hybridized carbons (Fsp3) is 0.286. The first-order valence-corrected chi connectivity index (χ1v) is 13.6. The van der Waals surface area contributed by atoms with Crippen LogP contribution in [0.4, 0.5) is 0 Å². The number of carbonyl (C=O) groups excluding carboxylic acids is 2. The molecule has 0 aliphatic carbocycles. The molecule has 1 aromatic carbocycles. The van der Waals surface area contributed by atoms with Gasteiger partial charge in [-0.05, 0) is 72.4 Å². The summed E-state index contributed by atoms with van der Waals surface area (Å²) in [6, 6.07) is 15.2. The summed E-state index contributed by atoms with van der Waals surface area (Å²) in [7, 11) is 0. The first kappa shape index (κ1) is 25.1. The normalized spacial score (nSPS) is 16.4. The van der Waals surface area contributed by atoms with Crippen LogP contribution in [0.25, 0.3) is 12.2 Å². The number of likely N-dealkylation sites (tertiary alicyclic amines) is 1. The fourth-order valence-electron chi connectivity index (χ4n) is 3.98. The Bertz CT molecular complexity index is 1120. The Morgan fingerprint density at radius 2 is 1.51 bits per heavy atom. The van der Waals surface area contributed by atoms with E-state index in [-0.39, 0.29) is 11.7 Å². The van der Waals surface area contributed by atoms with Crippen LogP contribution in [-0.4, -0.2) is 60.8 Å². The Balaban J connectivity index is 1.50. The van der Waals surface area contributed by atoms with Gasteiger partial charge in [0, 0.05) is 33.0 Å². The molecule has 2 aromatic heterocycles. The summed E-state index contributed by atoms with van der Waals surface area (Å²) in [5.74, 6) is 0.660. The van der Waals surface area contributed by atoms with E-state index in [4.69, 9.17) is 4.74 Å². The van der Waals surface area contributed by atoms with E-state index in [0.29, 0.717) is 36.4 Å². The van der Waals surface area contributed by atoms with Crippen LogP contribution in [0.15, 0.2) is 70.4 Å². The second-order valence-corrected chi connectivity index (χ2v) is 10.2. The van der Waals surface area contributed by atoms with Crippen molar-refractivity contribution < 1.29 is 14.3 Å². The van der Waals surface area contributed by atoms with E-state index in [9.17, 15) is 9.59 Å². The summed E-state index contributed by atoms with van der Waals surface area (Å²) in [6.45, 7) is 8.33. The van der Waals surface area contributed by atoms with Gasteiger partial charge in [-0.3, -0.25) is 9.59 Å². The highest BCUT2D eigenvalue weighted by Gasteiger charge is 2.29. The molecule has 0 atom stereocenters. The average molecular weight is 507 g/mol. The molecule has 4 rings (SSSR count). The highest BCUT2D eigenvalue weighted by molar-refractivity contribution is 7.11. The third-order valence-corrected chi connectivity index (χ3v) is 7.62. The van der Waals surface area contributed by atoms with Gasteiger partial charge in [-0.15, -0.1) is 22.7 Å². The largest absolute Gasteiger partial charge is 0.492 e. The van der Waals surface area contributed by atoms with Crippen LogP contribution in [0.3, 0.4) is 0 Å². The molecule has 5 nitrogen and oxygen atoms in total. The van der Waals surface area contributed by atoms with Crippen LogP contribution < -0.4 is 4.74 Å². The molecule has 0 N–H and O–H groups in total. The number of amides is 1. The van der Waals surface area contributed by atoms with Crippen LogP contribution in [0.5, 0.6) is 5.75 Å². The molecule has 0 radical (unpaired) electrons. The molecule has 182 valence electrons. The molecule has 1 amide bonds. The van der Waals surface area contributed by atoms with Gasteiger partial charge in [-0.1, -0.05) is 26.0 Å². The zero-order valence-electron chi connectivity index (χ0n) is 20.1. The number of thiophene rings is 2. The predicted octanol–water partition coefficient (Wildman–Crippen LogP) is 5.72. The molecule has 0 spiro atoms. The smallest absolute Gasteiger partial charge is 0.254 e. The van der Waals surface area contributed by atoms with Crippen LogP contribution in [-0.2, 0) is 4.79 Å². The number of piperidine rings is 1. The molecule has 7 heteroatoms. The van der Waals surface area contributed by atoms with E-state index in [1.165, 1.54) is 0 Å². The minimum atomic E-state index is -0.0960. The first-order valence-electron chi connectivity index (χ1n) is 11.8. The number of nitrogens with zero attached hydrogens (tertiary/aromatic N) is 2. The van der Waals surface area contributed by atoms with Gasteiger partial charge >= 0.3 is 0 Å². The number of rotatable bonds is 9. The summed E-state index contributed by atoms with van der Waals surface area (Å²) >= 11 is 3.15. The fourth-order valence-corrected chi connectivity index (χ4v) is 5.35. The highest BCUT2D eigenvalue weighted by atomic mass is 32.1. The number of likely N-dealkylation sites (N-methyl/N-ethyl adjacent to an activating group) is 1. The number of hydrogen-bond donors (Lipinski definition) is 0. The maximum Gasteiger partial charge on any atom is 0.254 e. The third-order valence-electron chi connectivity index (χ3n) is 5.98. The number of benzene rings is 1. The van der Waals surface area contributed by atoms with Gasteiger partial charge in [0.05, 0.1) is 13.1 Å². The SMILES string of the molecule is CCN(CC)CCOc1ccc(C(=O)N2C/C(=C/c3cccs3)C(=O)/C(=C/c3cccs3)C2)cc1. The van der Waals surface area contributed by atoms with E-state index < -0.39 is 0 Å². The summed E-state index contributed by atoms with van der Waals surface area (Å²) in [5, 5.41) is 3.97. The Morgan fingerprint density at radius 1 is 0.943 bits per heavy atom. The molecule has 1 aliphatic heterocycles. The maximum atomic E-state index is 13.4. The number of ketones is 1. The van der Waals surface area contributed by atoms with Crippen molar-refractivity contribution in [3.63, 3.8) is 0 Å². The summed E-state index contributed by atoms with van der Waals surface area (Å²) in [4.78, 5) is 32.7. The Labute approximate surface area is 215 Å². The van der Waals surface area contributed by atoms with Crippen molar-refractivity contribution in [2.24, 2.45) is 0 Å². The average Bonchev–Trinajstić information content (AvgIpc) is 3.59. The van der Waals surface area contributed by atoms with E-state index in [1.54, 1.807) is 39.7 Å². The minimum absolute atomic E-state index is 0.00722. The topological polar surface area (TPSA) is 49.9 Å². The van der Waals surface area contributed by atoms with Gasteiger partial charge in [-0.25, -0.2) is 0 Å². The van der Waals surface area contributed by atoms with Gasteiger partial charge in [0.1, 0.15) is 12.4 Å². The van der Waals surface area contributed by atoms with Crippen LogP contribution >= 0.6 is 22.7 Å². The molecule has 35 heavy (non-hydrogen) atoms. The van der Waals surface area contributed by atoms with Gasteiger partial charge in [0.2, 0.25) is 0 Å². The van der Waals surface area contributed by atoms with Gasteiger partial charge < -0.3 is 14.5 Å². The molecule has 3 heterocycles. The third kappa shape index (κ3) is 6.57. The quantitative estimate of drug-likeness (QED) is 0.348. The van der Waals surface area contributed by atoms with Crippen molar-refractivity contribution in [1.29, 1.82) is 0 Å². The van der Waals surface area contributed by atoms with Crippen molar-refractivity contribution in [1.82, 2.24) is 9.80 Å². The first-order chi connectivity index (χ1) is 17.1. The number of hydrogen-bond acceptors (Lipinski definition) is 6. The molecule has 0 bridgehead atoms.